The Hall–Kier alpha value is -0.490. The standard InChI is InChI=1S/C20H32O5/c1-9-10-7-11(21)15-19(4)12(18(2,3)6-5-13(19)22)8-14(23)20(15,16(9)24)17(10)25/h9-15,17,21-23,25H,5-8H2,1-4H3/t9-,10-,11+,12+,13-,14-,15-,17-,19+,20+/m1/s1. The van der Waals surface area contributed by atoms with Gasteiger partial charge in [0.15, 0.2) is 0 Å². The number of hydrogen-bond acceptors (Lipinski definition) is 5. The number of Topliss-reactive ketones (excluding diaryl/α,β-unsaturated/α-hetero) is 1. The maximum Gasteiger partial charge on any atom is 0.147 e. The van der Waals surface area contributed by atoms with Crippen molar-refractivity contribution in [2.45, 2.75) is 77.8 Å². The summed E-state index contributed by atoms with van der Waals surface area (Å²) in [6.07, 6.45) is -1.09. The van der Waals surface area contributed by atoms with E-state index in [0.29, 0.717) is 19.3 Å². The minimum absolute atomic E-state index is 0.00326. The highest BCUT2D eigenvalue weighted by molar-refractivity contribution is 5.92. The quantitative estimate of drug-likeness (QED) is 0.524. The van der Waals surface area contributed by atoms with Crippen molar-refractivity contribution >= 4 is 5.78 Å². The molecule has 0 saturated heterocycles. The lowest BCUT2D eigenvalue weighted by Crippen LogP contribution is -2.72. The van der Waals surface area contributed by atoms with Gasteiger partial charge in [0.2, 0.25) is 0 Å². The van der Waals surface area contributed by atoms with Crippen molar-refractivity contribution in [2.24, 2.45) is 39.9 Å². The van der Waals surface area contributed by atoms with E-state index in [2.05, 4.69) is 13.8 Å². The highest BCUT2D eigenvalue weighted by Gasteiger charge is 2.77. The van der Waals surface area contributed by atoms with Crippen LogP contribution in [0.5, 0.6) is 0 Å². The molecule has 4 aliphatic rings. The maximum absolute atomic E-state index is 13.3. The molecule has 0 aromatic carbocycles. The van der Waals surface area contributed by atoms with Gasteiger partial charge in [-0.3, -0.25) is 4.79 Å². The Morgan fingerprint density at radius 2 is 1.64 bits per heavy atom. The molecule has 0 heterocycles. The Labute approximate surface area is 149 Å². The van der Waals surface area contributed by atoms with Gasteiger partial charge in [-0.25, -0.2) is 0 Å². The van der Waals surface area contributed by atoms with Crippen LogP contribution in [0.15, 0.2) is 0 Å². The first kappa shape index (κ1) is 17.9. The third-order valence-electron chi connectivity index (χ3n) is 8.95. The highest BCUT2D eigenvalue weighted by atomic mass is 16.3. The lowest BCUT2D eigenvalue weighted by atomic mass is 9.38. The zero-order chi connectivity index (χ0) is 18.5. The summed E-state index contributed by atoms with van der Waals surface area (Å²) in [5, 5.41) is 44.3. The van der Waals surface area contributed by atoms with Crippen LogP contribution in [0.25, 0.3) is 0 Å². The van der Waals surface area contributed by atoms with Crippen LogP contribution in [-0.2, 0) is 4.79 Å². The van der Waals surface area contributed by atoms with Crippen LogP contribution in [0.3, 0.4) is 0 Å². The summed E-state index contributed by atoms with van der Waals surface area (Å²) in [7, 11) is 0. The summed E-state index contributed by atoms with van der Waals surface area (Å²) in [5.41, 5.74) is -2.11. The van der Waals surface area contributed by atoms with E-state index in [1.54, 1.807) is 0 Å². The van der Waals surface area contributed by atoms with E-state index >= 15 is 0 Å². The van der Waals surface area contributed by atoms with Crippen molar-refractivity contribution < 1.29 is 25.2 Å². The van der Waals surface area contributed by atoms with Gasteiger partial charge in [-0.05, 0) is 42.9 Å². The molecule has 0 aromatic heterocycles. The van der Waals surface area contributed by atoms with Crippen LogP contribution in [0.1, 0.15) is 53.4 Å². The van der Waals surface area contributed by atoms with Crippen LogP contribution < -0.4 is 0 Å². The van der Waals surface area contributed by atoms with E-state index in [9.17, 15) is 25.2 Å². The summed E-state index contributed by atoms with van der Waals surface area (Å²) in [6, 6.07) is 0. The number of ketones is 1. The van der Waals surface area contributed by atoms with E-state index in [1.807, 2.05) is 13.8 Å². The molecule has 4 fully saturated rings. The fourth-order valence-electron chi connectivity index (χ4n) is 7.75. The van der Waals surface area contributed by atoms with Crippen molar-refractivity contribution in [2.75, 3.05) is 0 Å². The van der Waals surface area contributed by atoms with Crippen molar-refractivity contribution in [3.8, 4) is 0 Å². The van der Waals surface area contributed by atoms with E-state index in [0.717, 1.165) is 6.42 Å². The van der Waals surface area contributed by atoms with E-state index in [1.165, 1.54) is 0 Å². The molecule has 2 bridgehead atoms. The first-order valence-electron chi connectivity index (χ1n) is 9.77. The molecule has 0 amide bonds. The molecule has 4 rings (SSSR count). The smallest absolute Gasteiger partial charge is 0.147 e. The predicted octanol–water partition coefficient (Wildman–Crippen LogP) is 1.12. The van der Waals surface area contributed by atoms with Crippen molar-refractivity contribution in [1.29, 1.82) is 0 Å². The largest absolute Gasteiger partial charge is 0.393 e. The zero-order valence-corrected chi connectivity index (χ0v) is 15.6. The van der Waals surface area contributed by atoms with Gasteiger partial charge in [-0.15, -0.1) is 0 Å². The molecule has 0 aliphatic heterocycles. The lowest BCUT2D eigenvalue weighted by Gasteiger charge is -2.67. The number of fused-ring (bicyclic) bond motifs is 3. The summed E-state index contributed by atoms with van der Waals surface area (Å²) >= 11 is 0. The lowest BCUT2D eigenvalue weighted by molar-refractivity contribution is -0.274. The number of hydrogen-bond donors (Lipinski definition) is 4. The Morgan fingerprint density at radius 3 is 2.28 bits per heavy atom. The zero-order valence-electron chi connectivity index (χ0n) is 15.6. The molecule has 25 heavy (non-hydrogen) atoms. The Bertz CT molecular complexity index is 603. The van der Waals surface area contributed by atoms with E-state index in [4.69, 9.17) is 0 Å². The van der Waals surface area contributed by atoms with Gasteiger partial charge < -0.3 is 20.4 Å². The Balaban J connectivity index is 1.94. The second kappa shape index (κ2) is 5.06. The fraction of sp³-hybridized carbons (Fsp3) is 0.950. The topological polar surface area (TPSA) is 98.0 Å². The summed E-state index contributed by atoms with van der Waals surface area (Å²) in [6.45, 7) is 8.09. The van der Waals surface area contributed by atoms with Gasteiger partial charge in [0.05, 0.1) is 29.8 Å². The predicted molar refractivity (Wildman–Crippen MR) is 91.5 cm³/mol. The number of rotatable bonds is 0. The van der Waals surface area contributed by atoms with Gasteiger partial charge in [-0.2, -0.15) is 0 Å². The second-order valence-electron chi connectivity index (χ2n) is 10.2. The SMILES string of the molecule is C[C@H]1C(=O)[C@]23[C@H](O)C[C@H]4C(C)(C)CC[C@@H](O)[C@@]4(C)[C@H]2[C@@H](O)C[C@H]1[C@H]3O. The maximum atomic E-state index is 13.3. The molecule has 4 aliphatic carbocycles. The van der Waals surface area contributed by atoms with Gasteiger partial charge in [-0.1, -0.05) is 27.7 Å². The first-order chi connectivity index (χ1) is 11.5. The van der Waals surface area contributed by atoms with E-state index in [-0.39, 0.29) is 29.0 Å². The van der Waals surface area contributed by atoms with Crippen LogP contribution in [0, 0.1) is 39.9 Å². The molecule has 5 nitrogen and oxygen atoms in total. The number of aliphatic hydroxyl groups is 4. The Morgan fingerprint density at radius 1 is 1.00 bits per heavy atom. The minimum atomic E-state index is -1.33. The van der Waals surface area contributed by atoms with Gasteiger partial charge in [0.25, 0.3) is 0 Å². The number of aliphatic hydroxyl groups excluding tert-OH is 4. The van der Waals surface area contributed by atoms with Gasteiger partial charge in [0, 0.05) is 17.3 Å². The Kier molecular flexibility index (Phi) is 3.62. The van der Waals surface area contributed by atoms with Crippen LogP contribution >= 0.6 is 0 Å². The molecule has 0 aromatic rings. The molecular formula is C20H32O5. The summed E-state index contributed by atoms with van der Waals surface area (Å²) in [5.74, 6) is -1.39. The molecule has 4 saturated carbocycles. The average molecular weight is 352 g/mol. The van der Waals surface area contributed by atoms with Crippen LogP contribution in [-0.4, -0.2) is 50.6 Å². The normalized spacial score (nSPS) is 60.1. The molecule has 0 radical (unpaired) electrons. The minimum Gasteiger partial charge on any atom is -0.393 e. The molecular weight excluding hydrogens is 320 g/mol. The molecule has 5 heteroatoms. The van der Waals surface area contributed by atoms with Crippen LogP contribution in [0.2, 0.25) is 0 Å². The third kappa shape index (κ3) is 1.81. The summed E-state index contributed by atoms with van der Waals surface area (Å²) in [4.78, 5) is 13.3. The number of carbonyl (C=O) groups is 1. The van der Waals surface area contributed by atoms with Crippen molar-refractivity contribution in [3.05, 3.63) is 0 Å². The molecule has 4 N–H and O–H groups in total. The average Bonchev–Trinajstić information content (AvgIpc) is 2.65. The third-order valence-corrected chi connectivity index (χ3v) is 8.95. The molecule has 1 spiro atoms. The molecule has 142 valence electrons. The van der Waals surface area contributed by atoms with Crippen molar-refractivity contribution in [1.82, 2.24) is 0 Å². The van der Waals surface area contributed by atoms with Gasteiger partial charge in [0.1, 0.15) is 5.78 Å². The van der Waals surface area contributed by atoms with Crippen LogP contribution in [0.4, 0.5) is 0 Å². The number of carbonyl (C=O) groups excluding carboxylic acids is 1. The summed E-state index contributed by atoms with van der Waals surface area (Å²) < 4.78 is 0. The second-order valence-corrected chi connectivity index (χ2v) is 10.2. The molecule has 0 unspecified atom stereocenters. The monoisotopic (exact) mass is 352 g/mol. The highest BCUT2D eigenvalue weighted by Crippen LogP contribution is 2.71. The van der Waals surface area contributed by atoms with E-state index < -0.39 is 41.2 Å². The van der Waals surface area contributed by atoms with Crippen molar-refractivity contribution in [3.63, 3.8) is 0 Å². The fourth-order valence-corrected chi connectivity index (χ4v) is 7.75. The van der Waals surface area contributed by atoms with Gasteiger partial charge >= 0.3 is 0 Å². The first-order valence-corrected chi connectivity index (χ1v) is 9.77. The molecule has 10 atom stereocenters.